The number of hydrogen-bond acceptors (Lipinski definition) is 4. The number of rotatable bonds is 3. The predicted molar refractivity (Wildman–Crippen MR) is 76.2 cm³/mol. The van der Waals surface area contributed by atoms with Crippen LogP contribution in [0.2, 0.25) is 0 Å². The van der Waals surface area contributed by atoms with Gasteiger partial charge >= 0.3 is 5.97 Å². The predicted octanol–water partition coefficient (Wildman–Crippen LogP) is 3.07. The number of carbonyl (C=O) groups is 1. The smallest absolute Gasteiger partial charge is 0.335 e. The van der Waals surface area contributed by atoms with Gasteiger partial charge in [0.05, 0.1) is 23.0 Å². The zero-order valence-corrected chi connectivity index (χ0v) is 10.4. The van der Waals surface area contributed by atoms with Gasteiger partial charge in [-0.2, -0.15) is 0 Å². The Labute approximate surface area is 114 Å². The first-order valence-corrected chi connectivity index (χ1v) is 6.03. The van der Waals surface area contributed by atoms with Crippen LogP contribution in [0, 0.1) is 0 Å². The van der Waals surface area contributed by atoms with E-state index in [0.717, 1.165) is 16.6 Å². The maximum atomic E-state index is 10.9. The largest absolute Gasteiger partial charge is 0.478 e. The van der Waals surface area contributed by atoms with Crippen molar-refractivity contribution in [1.82, 2.24) is 9.97 Å². The van der Waals surface area contributed by atoms with E-state index in [0.29, 0.717) is 5.82 Å². The number of anilines is 2. The Balaban J connectivity index is 1.92. The molecule has 5 heteroatoms. The number of carboxylic acid groups (broad SMARTS) is 1. The number of nitrogens with zero attached hydrogens (tertiary/aromatic N) is 2. The topological polar surface area (TPSA) is 75.1 Å². The van der Waals surface area contributed by atoms with Gasteiger partial charge in [-0.05, 0) is 24.3 Å². The second kappa shape index (κ2) is 4.97. The first-order valence-electron chi connectivity index (χ1n) is 6.03. The number of aromatic carboxylic acids is 1. The number of hydrogen-bond donors (Lipinski definition) is 2. The summed E-state index contributed by atoms with van der Waals surface area (Å²) in [7, 11) is 0. The van der Waals surface area contributed by atoms with E-state index >= 15 is 0 Å². The van der Waals surface area contributed by atoms with Crippen LogP contribution in [-0.2, 0) is 0 Å². The van der Waals surface area contributed by atoms with Crippen LogP contribution in [-0.4, -0.2) is 21.0 Å². The molecule has 1 aromatic carbocycles. The normalized spacial score (nSPS) is 10.4. The Kier molecular flexibility index (Phi) is 3.01. The van der Waals surface area contributed by atoms with Gasteiger partial charge in [0.25, 0.3) is 0 Å². The maximum absolute atomic E-state index is 10.9. The molecule has 0 unspecified atom stereocenters. The van der Waals surface area contributed by atoms with Gasteiger partial charge in [0.2, 0.25) is 0 Å². The second-order valence-corrected chi connectivity index (χ2v) is 4.28. The molecule has 2 heterocycles. The molecule has 3 rings (SSSR count). The van der Waals surface area contributed by atoms with Gasteiger partial charge in [-0.1, -0.05) is 18.2 Å². The second-order valence-electron chi connectivity index (χ2n) is 4.28. The van der Waals surface area contributed by atoms with Crippen LogP contribution in [0.15, 0.2) is 54.9 Å². The van der Waals surface area contributed by atoms with Crippen molar-refractivity contribution in [1.29, 1.82) is 0 Å². The van der Waals surface area contributed by atoms with Crippen molar-refractivity contribution in [2.24, 2.45) is 0 Å². The molecule has 0 aliphatic heterocycles. The number of aromatic nitrogens is 2. The van der Waals surface area contributed by atoms with Crippen LogP contribution in [0.3, 0.4) is 0 Å². The van der Waals surface area contributed by atoms with E-state index in [2.05, 4.69) is 15.3 Å². The molecule has 0 aliphatic carbocycles. The average Bonchev–Trinajstić information content (AvgIpc) is 2.47. The third-order valence-corrected chi connectivity index (χ3v) is 2.87. The molecular formula is C15H11N3O2. The molecular weight excluding hydrogens is 254 g/mol. The fourth-order valence-corrected chi connectivity index (χ4v) is 1.92. The molecule has 0 saturated heterocycles. The summed E-state index contributed by atoms with van der Waals surface area (Å²) in [6, 6.07) is 12.6. The molecule has 0 aliphatic rings. The fourth-order valence-electron chi connectivity index (χ4n) is 1.92. The molecule has 2 N–H and O–H groups in total. The number of carboxylic acids is 1. The van der Waals surface area contributed by atoms with Crippen molar-refractivity contribution < 1.29 is 9.90 Å². The van der Waals surface area contributed by atoms with E-state index in [4.69, 9.17) is 5.11 Å². The van der Waals surface area contributed by atoms with Gasteiger partial charge < -0.3 is 10.4 Å². The summed E-state index contributed by atoms with van der Waals surface area (Å²) in [5.41, 5.74) is 1.86. The van der Waals surface area contributed by atoms with Crippen molar-refractivity contribution in [3.05, 3.63) is 60.4 Å². The average molecular weight is 265 g/mol. The molecule has 0 amide bonds. The molecule has 2 aromatic heterocycles. The molecule has 0 radical (unpaired) electrons. The fraction of sp³-hybridized carbons (Fsp3) is 0. The highest BCUT2D eigenvalue weighted by Gasteiger charge is 2.05. The molecule has 0 spiro atoms. The summed E-state index contributed by atoms with van der Waals surface area (Å²) in [6.45, 7) is 0. The van der Waals surface area contributed by atoms with Crippen LogP contribution in [0.25, 0.3) is 10.9 Å². The van der Waals surface area contributed by atoms with Gasteiger partial charge in [-0.15, -0.1) is 0 Å². The highest BCUT2D eigenvalue weighted by molar-refractivity contribution is 5.88. The maximum Gasteiger partial charge on any atom is 0.335 e. The zero-order valence-electron chi connectivity index (χ0n) is 10.4. The Hall–Kier alpha value is -2.95. The Morgan fingerprint density at radius 3 is 2.80 bits per heavy atom. The monoisotopic (exact) mass is 265 g/mol. The minimum atomic E-state index is -0.980. The Morgan fingerprint density at radius 2 is 1.95 bits per heavy atom. The van der Waals surface area contributed by atoms with Crippen LogP contribution < -0.4 is 5.32 Å². The Bertz CT molecular complexity index is 787. The van der Waals surface area contributed by atoms with Crippen molar-refractivity contribution in [2.45, 2.75) is 0 Å². The third-order valence-electron chi connectivity index (χ3n) is 2.87. The minimum Gasteiger partial charge on any atom is -0.478 e. The van der Waals surface area contributed by atoms with Crippen molar-refractivity contribution in [3.8, 4) is 0 Å². The highest BCUT2D eigenvalue weighted by atomic mass is 16.4. The van der Waals surface area contributed by atoms with Crippen LogP contribution >= 0.6 is 0 Å². The SMILES string of the molecule is O=C(O)c1ccnc(Nc2cnc3ccccc3c2)c1. The molecule has 0 saturated carbocycles. The summed E-state index contributed by atoms with van der Waals surface area (Å²) in [6.07, 6.45) is 3.15. The summed E-state index contributed by atoms with van der Waals surface area (Å²) in [4.78, 5) is 19.3. The summed E-state index contributed by atoms with van der Waals surface area (Å²) in [5, 5.41) is 13.0. The zero-order chi connectivity index (χ0) is 13.9. The summed E-state index contributed by atoms with van der Waals surface area (Å²) in [5.74, 6) is -0.505. The van der Waals surface area contributed by atoms with Gasteiger partial charge in [0.15, 0.2) is 0 Å². The lowest BCUT2D eigenvalue weighted by atomic mass is 10.2. The number of para-hydroxylation sites is 1. The molecule has 20 heavy (non-hydrogen) atoms. The lowest BCUT2D eigenvalue weighted by Gasteiger charge is -2.06. The number of pyridine rings is 2. The molecule has 3 aromatic rings. The number of fused-ring (bicyclic) bond motifs is 1. The van der Waals surface area contributed by atoms with E-state index in [1.54, 1.807) is 6.20 Å². The van der Waals surface area contributed by atoms with E-state index in [-0.39, 0.29) is 5.56 Å². The standard InChI is InChI=1S/C15H11N3O2/c19-15(20)11-5-6-16-14(8-11)18-12-7-10-3-1-2-4-13(10)17-9-12/h1-9H,(H,16,18)(H,19,20). The molecule has 5 nitrogen and oxygen atoms in total. The van der Waals surface area contributed by atoms with Crippen LogP contribution in [0.4, 0.5) is 11.5 Å². The number of nitrogens with one attached hydrogen (secondary N) is 1. The van der Waals surface area contributed by atoms with Gasteiger partial charge in [0.1, 0.15) is 5.82 Å². The quantitative estimate of drug-likeness (QED) is 0.761. The van der Waals surface area contributed by atoms with E-state index in [1.165, 1.54) is 18.3 Å². The van der Waals surface area contributed by atoms with Crippen molar-refractivity contribution >= 4 is 28.4 Å². The van der Waals surface area contributed by atoms with Gasteiger partial charge in [0, 0.05) is 11.6 Å². The lowest BCUT2D eigenvalue weighted by molar-refractivity contribution is 0.0697. The molecule has 0 bridgehead atoms. The van der Waals surface area contributed by atoms with Crippen molar-refractivity contribution in [2.75, 3.05) is 5.32 Å². The van der Waals surface area contributed by atoms with Gasteiger partial charge in [-0.3, -0.25) is 4.98 Å². The third kappa shape index (κ3) is 2.42. The van der Waals surface area contributed by atoms with Crippen molar-refractivity contribution in [3.63, 3.8) is 0 Å². The summed E-state index contributed by atoms with van der Waals surface area (Å²) >= 11 is 0. The van der Waals surface area contributed by atoms with E-state index in [9.17, 15) is 4.79 Å². The van der Waals surface area contributed by atoms with E-state index in [1.807, 2.05) is 30.3 Å². The van der Waals surface area contributed by atoms with Crippen LogP contribution in [0.1, 0.15) is 10.4 Å². The molecule has 0 fully saturated rings. The lowest BCUT2D eigenvalue weighted by Crippen LogP contribution is -2.00. The number of benzene rings is 1. The highest BCUT2D eigenvalue weighted by Crippen LogP contribution is 2.19. The minimum absolute atomic E-state index is 0.191. The first kappa shape index (κ1) is 12.1. The molecule has 0 atom stereocenters. The van der Waals surface area contributed by atoms with Gasteiger partial charge in [-0.25, -0.2) is 9.78 Å². The van der Waals surface area contributed by atoms with E-state index < -0.39 is 5.97 Å². The summed E-state index contributed by atoms with van der Waals surface area (Å²) < 4.78 is 0. The van der Waals surface area contributed by atoms with Crippen LogP contribution in [0.5, 0.6) is 0 Å². The molecule has 98 valence electrons. The Morgan fingerprint density at radius 1 is 1.10 bits per heavy atom. The first-order chi connectivity index (χ1) is 9.72.